The van der Waals surface area contributed by atoms with Gasteiger partial charge in [-0.1, -0.05) is 0 Å². The third kappa shape index (κ3) is 0.999. The fourth-order valence-electron chi connectivity index (χ4n) is 1.82. The Labute approximate surface area is 66.3 Å². The van der Waals surface area contributed by atoms with Crippen molar-refractivity contribution < 1.29 is 13.5 Å². The van der Waals surface area contributed by atoms with E-state index < -0.39 is 14.6 Å². The first-order valence-corrected chi connectivity index (χ1v) is 5.61. The van der Waals surface area contributed by atoms with Crippen molar-refractivity contribution in [3.05, 3.63) is 0 Å². The minimum absolute atomic E-state index is 0.189. The Bertz CT molecular complexity index is 263. The summed E-state index contributed by atoms with van der Waals surface area (Å²) in [6, 6.07) is 0. The number of sulfone groups is 1. The second-order valence-corrected chi connectivity index (χ2v) is 6.15. The SMILES string of the molecule is O=S1(=O)CCC(O)CC12CC2. The van der Waals surface area contributed by atoms with Gasteiger partial charge in [0.25, 0.3) is 0 Å². The maximum atomic E-state index is 11.4. The number of aliphatic hydroxyl groups excluding tert-OH is 1. The van der Waals surface area contributed by atoms with Gasteiger partial charge in [-0.3, -0.25) is 0 Å². The quantitative estimate of drug-likeness (QED) is 0.569. The summed E-state index contributed by atoms with van der Waals surface area (Å²) in [5.41, 5.74) is 0. The highest BCUT2D eigenvalue weighted by Gasteiger charge is 2.56. The summed E-state index contributed by atoms with van der Waals surface area (Å²) >= 11 is 0. The van der Waals surface area contributed by atoms with E-state index in [1.807, 2.05) is 0 Å². The molecule has 1 saturated carbocycles. The molecule has 0 amide bonds. The van der Waals surface area contributed by atoms with Crippen molar-refractivity contribution in [1.82, 2.24) is 0 Å². The molecule has 1 unspecified atom stereocenters. The Morgan fingerprint density at radius 2 is 2.00 bits per heavy atom. The van der Waals surface area contributed by atoms with Gasteiger partial charge in [0.15, 0.2) is 9.84 Å². The van der Waals surface area contributed by atoms with Crippen LogP contribution in [0, 0.1) is 0 Å². The van der Waals surface area contributed by atoms with Gasteiger partial charge in [-0.05, 0) is 25.7 Å². The molecule has 1 N–H and O–H groups in total. The molecule has 0 bridgehead atoms. The molecule has 1 saturated heterocycles. The molecule has 1 spiro atoms. The normalized spacial score (nSPS) is 38.8. The Kier molecular flexibility index (Phi) is 1.36. The van der Waals surface area contributed by atoms with Gasteiger partial charge < -0.3 is 5.11 Å². The van der Waals surface area contributed by atoms with Gasteiger partial charge in [-0.2, -0.15) is 0 Å². The van der Waals surface area contributed by atoms with Crippen LogP contribution in [0.15, 0.2) is 0 Å². The van der Waals surface area contributed by atoms with Gasteiger partial charge in [-0.25, -0.2) is 8.42 Å². The number of hydrogen-bond donors (Lipinski definition) is 1. The highest BCUT2D eigenvalue weighted by atomic mass is 32.2. The number of rotatable bonds is 0. The van der Waals surface area contributed by atoms with Crippen LogP contribution in [0.2, 0.25) is 0 Å². The molecule has 2 fully saturated rings. The first kappa shape index (κ1) is 7.55. The molecule has 0 aromatic carbocycles. The summed E-state index contributed by atoms with van der Waals surface area (Å²) in [7, 11) is -2.84. The zero-order valence-electron chi connectivity index (χ0n) is 6.28. The molecule has 0 aromatic heterocycles. The molecule has 3 nitrogen and oxygen atoms in total. The van der Waals surface area contributed by atoms with E-state index >= 15 is 0 Å². The molecule has 64 valence electrons. The monoisotopic (exact) mass is 176 g/mol. The standard InChI is InChI=1S/C7H12O3S/c8-6-1-4-11(9,10)7(5-6)2-3-7/h6,8H,1-5H2. The number of hydrogen-bond acceptors (Lipinski definition) is 3. The first-order valence-electron chi connectivity index (χ1n) is 3.96. The molecule has 2 aliphatic rings. The van der Waals surface area contributed by atoms with Gasteiger partial charge in [0, 0.05) is 0 Å². The van der Waals surface area contributed by atoms with Gasteiger partial charge in [0.2, 0.25) is 0 Å². The largest absolute Gasteiger partial charge is 0.393 e. The van der Waals surface area contributed by atoms with Crippen molar-refractivity contribution in [1.29, 1.82) is 0 Å². The van der Waals surface area contributed by atoms with Crippen molar-refractivity contribution in [3.63, 3.8) is 0 Å². The van der Waals surface area contributed by atoms with Crippen molar-refractivity contribution in [2.24, 2.45) is 0 Å². The highest BCUT2D eigenvalue weighted by Crippen LogP contribution is 2.50. The van der Waals surface area contributed by atoms with E-state index in [9.17, 15) is 13.5 Å². The minimum atomic E-state index is -2.84. The van der Waals surface area contributed by atoms with E-state index in [1.165, 1.54) is 0 Å². The molecule has 1 atom stereocenters. The van der Waals surface area contributed by atoms with Crippen LogP contribution >= 0.6 is 0 Å². The first-order chi connectivity index (χ1) is 5.06. The van der Waals surface area contributed by atoms with E-state index in [4.69, 9.17) is 0 Å². The third-order valence-electron chi connectivity index (χ3n) is 2.79. The predicted molar refractivity (Wildman–Crippen MR) is 41.0 cm³/mol. The van der Waals surface area contributed by atoms with Crippen molar-refractivity contribution in [2.75, 3.05) is 5.75 Å². The topological polar surface area (TPSA) is 54.4 Å². The predicted octanol–water partition coefficient (Wildman–Crippen LogP) is 0.0885. The van der Waals surface area contributed by atoms with Crippen molar-refractivity contribution in [2.45, 2.75) is 36.5 Å². The lowest BCUT2D eigenvalue weighted by Gasteiger charge is -2.25. The molecule has 1 aliphatic heterocycles. The molecule has 1 aliphatic carbocycles. The van der Waals surface area contributed by atoms with Crippen LogP contribution in [0.5, 0.6) is 0 Å². The Morgan fingerprint density at radius 3 is 2.45 bits per heavy atom. The molecule has 1 heterocycles. The van der Waals surface area contributed by atoms with Crippen molar-refractivity contribution >= 4 is 9.84 Å². The zero-order chi connectivity index (χ0) is 8.11. The van der Waals surface area contributed by atoms with E-state index in [1.54, 1.807) is 0 Å². The summed E-state index contributed by atoms with van der Waals surface area (Å²) in [6.45, 7) is 0. The summed E-state index contributed by atoms with van der Waals surface area (Å²) in [4.78, 5) is 0. The van der Waals surface area contributed by atoms with Crippen LogP contribution in [0.4, 0.5) is 0 Å². The maximum Gasteiger partial charge on any atom is 0.156 e. The second-order valence-electron chi connectivity index (χ2n) is 3.65. The van der Waals surface area contributed by atoms with Gasteiger partial charge in [-0.15, -0.1) is 0 Å². The second kappa shape index (κ2) is 1.98. The van der Waals surface area contributed by atoms with E-state index in [2.05, 4.69) is 0 Å². The summed E-state index contributed by atoms with van der Waals surface area (Å²) in [5.74, 6) is 0.189. The Balaban J connectivity index is 2.28. The maximum absolute atomic E-state index is 11.4. The molecule has 0 radical (unpaired) electrons. The van der Waals surface area contributed by atoms with E-state index in [0.29, 0.717) is 12.8 Å². The van der Waals surface area contributed by atoms with Crippen LogP contribution < -0.4 is 0 Å². The van der Waals surface area contributed by atoms with Gasteiger partial charge >= 0.3 is 0 Å². The molecule has 0 aromatic rings. The van der Waals surface area contributed by atoms with Crippen LogP contribution in [-0.2, 0) is 9.84 Å². The average molecular weight is 176 g/mol. The molecular weight excluding hydrogens is 164 g/mol. The lowest BCUT2D eigenvalue weighted by Crippen LogP contribution is -2.37. The van der Waals surface area contributed by atoms with Crippen molar-refractivity contribution in [3.8, 4) is 0 Å². The Hall–Kier alpha value is -0.0900. The summed E-state index contributed by atoms with van der Waals surface area (Å²) in [6.07, 6.45) is 2.08. The van der Waals surface area contributed by atoms with Crippen LogP contribution in [0.3, 0.4) is 0 Å². The average Bonchev–Trinajstić information content (AvgIpc) is 2.63. The third-order valence-corrected chi connectivity index (χ3v) is 5.46. The molecule has 2 rings (SSSR count). The molecule has 4 heteroatoms. The fourth-order valence-corrected chi connectivity index (χ4v) is 4.01. The van der Waals surface area contributed by atoms with Crippen LogP contribution in [0.25, 0.3) is 0 Å². The summed E-state index contributed by atoms with van der Waals surface area (Å²) < 4.78 is 22.3. The Morgan fingerprint density at radius 1 is 1.36 bits per heavy atom. The van der Waals surface area contributed by atoms with Gasteiger partial charge in [0.05, 0.1) is 16.6 Å². The molecule has 11 heavy (non-hydrogen) atoms. The summed E-state index contributed by atoms with van der Waals surface area (Å²) in [5, 5.41) is 9.25. The minimum Gasteiger partial charge on any atom is -0.393 e. The van der Waals surface area contributed by atoms with E-state index in [-0.39, 0.29) is 11.9 Å². The lowest BCUT2D eigenvalue weighted by molar-refractivity contribution is 0.151. The molecular formula is C7H12O3S. The van der Waals surface area contributed by atoms with Crippen LogP contribution in [0.1, 0.15) is 25.7 Å². The lowest BCUT2D eigenvalue weighted by atomic mass is 10.1. The number of aliphatic hydroxyl groups is 1. The highest BCUT2D eigenvalue weighted by molar-refractivity contribution is 7.93. The smallest absolute Gasteiger partial charge is 0.156 e. The fraction of sp³-hybridized carbons (Fsp3) is 1.00. The van der Waals surface area contributed by atoms with E-state index in [0.717, 1.165) is 12.8 Å². The van der Waals surface area contributed by atoms with Gasteiger partial charge in [0.1, 0.15) is 0 Å². The van der Waals surface area contributed by atoms with Crippen LogP contribution in [-0.4, -0.2) is 30.1 Å². The zero-order valence-corrected chi connectivity index (χ0v) is 7.10.